The van der Waals surface area contributed by atoms with E-state index in [1.54, 1.807) is 4.90 Å². The molecule has 1 aliphatic rings. The average Bonchev–Trinajstić information content (AvgIpc) is 2.45. The number of carboxylic acids is 1. The van der Waals surface area contributed by atoms with Crippen LogP contribution >= 0.6 is 0 Å². The number of aliphatic hydroxyl groups excluding tert-OH is 1. The minimum Gasteiger partial charge on any atom is -0.480 e. The van der Waals surface area contributed by atoms with Crippen LogP contribution in [-0.2, 0) is 14.3 Å². The van der Waals surface area contributed by atoms with Crippen LogP contribution in [0.3, 0.4) is 0 Å². The van der Waals surface area contributed by atoms with Crippen molar-refractivity contribution in [2.75, 3.05) is 40.0 Å². The predicted octanol–water partition coefficient (Wildman–Crippen LogP) is -0.731. The van der Waals surface area contributed by atoms with Gasteiger partial charge in [0.25, 0.3) is 0 Å². The van der Waals surface area contributed by atoms with Crippen molar-refractivity contribution in [3.05, 3.63) is 0 Å². The molecule has 0 bridgehead atoms. The summed E-state index contributed by atoms with van der Waals surface area (Å²) in [5.74, 6) is -1.12. The lowest BCUT2D eigenvalue weighted by atomic mass is 10.1. The molecule has 1 unspecified atom stereocenters. The highest BCUT2D eigenvalue weighted by Gasteiger charge is 2.26. The summed E-state index contributed by atoms with van der Waals surface area (Å²) in [5, 5.41) is 20.0. The molecule has 0 saturated carbocycles. The van der Waals surface area contributed by atoms with Crippen LogP contribution in [0, 0.1) is 0 Å². The molecule has 0 spiro atoms. The van der Waals surface area contributed by atoms with Crippen LogP contribution in [-0.4, -0.2) is 79.3 Å². The van der Waals surface area contributed by atoms with Gasteiger partial charge in [0.15, 0.2) is 6.04 Å². The maximum Gasteiger partial charge on any atom is 0.328 e. The quantitative estimate of drug-likeness (QED) is 0.570. The fraction of sp³-hybridized carbons (Fsp3) is 0.833. The number of carboxylic acid groups (broad SMARTS) is 1. The number of aliphatic hydroxyl groups is 1. The fourth-order valence-electron chi connectivity index (χ4n) is 2.03. The summed E-state index contributed by atoms with van der Waals surface area (Å²) >= 11 is 0. The summed E-state index contributed by atoms with van der Waals surface area (Å²) < 4.78 is 10.2. The van der Waals surface area contributed by atoms with Crippen LogP contribution in [0.25, 0.3) is 0 Å². The number of carbonyl (C=O) groups excluding carboxylic acids is 1. The third-order valence-electron chi connectivity index (χ3n) is 3.10. The lowest BCUT2D eigenvalue weighted by molar-refractivity contribution is -0.140. The van der Waals surface area contributed by atoms with Crippen LogP contribution in [0.4, 0.5) is 4.79 Å². The Hall–Kier alpha value is -1.38. The smallest absolute Gasteiger partial charge is 0.328 e. The van der Waals surface area contributed by atoms with Gasteiger partial charge in [-0.3, -0.25) is 0 Å². The highest BCUT2D eigenvalue weighted by Crippen LogP contribution is 2.13. The van der Waals surface area contributed by atoms with E-state index in [1.165, 1.54) is 7.11 Å². The first-order valence-corrected chi connectivity index (χ1v) is 6.58. The van der Waals surface area contributed by atoms with E-state index >= 15 is 0 Å². The van der Waals surface area contributed by atoms with E-state index in [1.807, 2.05) is 0 Å². The lowest BCUT2D eigenvalue weighted by Gasteiger charge is -2.32. The van der Waals surface area contributed by atoms with Crippen LogP contribution in [0.1, 0.15) is 12.8 Å². The number of ether oxygens (including phenoxy) is 2. The number of nitrogens with one attached hydrogen (secondary N) is 1. The van der Waals surface area contributed by atoms with E-state index in [0.29, 0.717) is 32.5 Å². The summed E-state index contributed by atoms with van der Waals surface area (Å²) in [6, 6.07) is -1.45. The molecule has 1 rings (SSSR count). The van der Waals surface area contributed by atoms with Crippen molar-refractivity contribution < 1.29 is 29.3 Å². The summed E-state index contributed by atoms with van der Waals surface area (Å²) in [6.07, 6.45) is 1.39. The molecule has 1 saturated heterocycles. The van der Waals surface area contributed by atoms with Crippen molar-refractivity contribution in [3.63, 3.8) is 0 Å². The van der Waals surface area contributed by atoms with E-state index in [0.717, 1.165) is 0 Å². The van der Waals surface area contributed by atoms with Gasteiger partial charge >= 0.3 is 12.0 Å². The van der Waals surface area contributed by atoms with Gasteiger partial charge in [-0.1, -0.05) is 0 Å². The Balaban J connectivity index is 2.36. The molecule has 2 amide bonds. The molecule has 3 N–H and O–H groups in total. The molecule has 0 aromatic rings. The molecule has 0 radical (unpaired) electrons. The molecule has 8 heteroatoms. The Morgan fingerprint density at radius 3 is 2.55 bits per heavy atom. The van der Waals surface area contributed by atoms with Gasteiger partial charge in [0, 0.05) is 20.2 Å². The number of hydrogen-bond acceptors (Lipinski definition) is 5. The normalized spacial score (nSPS) is 17.8. The van der Waals surface area contributed by atoms with E-state index < -0.39 is 18.0 Å². The first-order valence-electron chi connectivity index (χ1n) is 6.58. The summed E-state index contributed by atoms with van der Waals surface area (Å²) in [7, 11) is 1.38. The standard InChI is InChI=1S/C12H22N2O6/c1-19-8-10(11(16)17)13-12(18)14-4-2-9(3-5-14)20-7-6-15/h9-10,15H,2-8H2,1H3,(H,13,18)(H,16,17). The number of nitrogens with zero attached hydrogens (tertiary/aromatic N) is 1. The highest BCUT2D eigenvalue weighted by molar-refractivity contribution is 5.82. The number of hydrogen-bond donors (Lipinski definition) is 3. The highest BCUT2D eigenvalue weighted by atomic mass is 16.5. The third-order valence-corrected chi connectivity index (χ3v) is 3.10. The topological polar surface area (TPSA) is 108 Å². The molecular weight excluding hydrogens is 268 g/mol. The van der Waals surface area contributed by atoms with Crippen LogP contribution < -0.4 is 5.32 Å². The Morgan fingerprint density at radius 2 is 2.05 bits per heavy atom. The SMILES string of the molecule is COCC(NC(=O)N1CCC(OCCO)CC1)C(=O)O. The molecule has 0 aromatic carbocycles. The molecule has 1 fully saturated rings. The lowest BCUT2D eigenvalue weighted by Crippen LogP contribution is -2.52. The fourth-order valence-corrected chi connectivity index (χ4v) is 2.03. The van der Waals surface area contributed by atoms with Crippen LogP contribution in [0.5, 0.6) is 0 Å². The number of carbonyl (C=O) groups is 2. The van der Waals surface area contributed by atoms with E-state index in [4.69, 9.17) is 19.7 Å². The Labute approximate surface area is 117 Å². The summed E-state index contributed by atoms with van der Waals surface area (Å²) in [6.45, 7) is 1.21. The van der Waals surface area contributed by atoms with Gasteiger partial charge in [0.1, 0.15) is 0 Å². The van der Waals surface area contributed by atoms with Crippen molar-refractivity contribution >= 4 is 12.0 Å². The number of amides is 2. The number of piperidine rings is 1. The van der Waals surface area contributed by atoms with Gasteiger partial charge < -0.3 is 29.9 Å². The van der Waals surface area contributed by atoms with Crippen molar-refractivity contribution in [1.82, 2.24) is 10.2 Å². The maximum absolute atomic E-state index is 11.9. The minimum absolute atomic E-state index is 0.0159. The second-order valence-corrected chi connectivity index (χ2v) is 4.58. The first kappa shape index (κ1) is 16.7. The number of likely N-dealkylation sites (tertiary alicyclic amines) is 1. The minimum atomic E-state index is -1.12. The van der Waals surface area contributed by atoms with Gasteiger partial charge in [-0.05, 0) is 12.8 Å². The largest absolute Gasteiger partial charge is 0.480 e. The Morgan fingerprint density at radius 1 is 1.40 bits per heavy atom. The average molecular weight is 290 g/mol. The van der Waals surface area contributed by atoms with Gasteiger partial charge in [-0.25, -0.2) is 9.59 Å². The van der Waals surface area contributed by atoms with Crippen LogP contribution in [0.2, 0.25) is 0 Å². The van der Waals surface area contributed by atoms with Gasteiger partial charge in [0.2, 0.25) is 0 Å². The third kappa shape index (κ3) is 5.32. The number of aliphatic carboxylic acids is 1. The molecule has 20 heavy (non-hydrogen) atoms. The second kappa shape index (κ2) is 8.72. The van der Waals surface area contributed by atoms with Crippen molar-refractivity contribution in [3.8, 4) is 0 Å². The van der Waals surface area contributed by atoms with E-state index in [-0.39, 0.29) is 19.3 Å². The zero-order valence-electron chi connectivity index (χ0n) is 11.6. The summed E-state index contributed by atoms with van der Waals surface area (Å²) in [5.41, 5.74) is 0. The van der Waals surface area contributed by atoms with Crippen molar-refractivity contribution in [2.45, 2.75) is 25.0 Å². The van der Waals surface area contributed by atoms with Crippen molar-refractivity contribution in [2.24, 2.45) is 0 Å². The molecule has 0 aromatic heterocycles. The molecule has 0 aliphatic carbocycles. The van der Waals surface area contributed by atoms with E-state index in [2.05, 4.69) is 5.32 Å². The predicted molar refractivity (Wildman–Crippen MR) is 69.5 cm³/mol. The number of methoxy groups -OCH3 is 1. The summed E-state index contributed by atoms with van der Waals surface area (Å²) in [4.78, 5) is 24.4. The van der Waals surface area contributed by atoms with Gasteiger partial charge in [-0.2, -0.15) is 0 Å². The second-order valence-electron chi connectivity index (χ2n) is 4.58. The zero-order chi connectivity index (χ0) is 15.0. The molecule has 1 heterocycles. The molecular formula is C12H22N2O6. The van der Waals surface area contributed by atoms with E-state index in [9.17, 15) is 9.59 Å². The van der Waals surface area contributed by atoms with Crippen LogP contribution in [0.15, 0.2) is 0 Å². The number of urea groups is 1. The zero-order valence-corrected chi connectivity index (χ0v) is 11.6. The monoisotopic (exact) mass is 290 g/mol. The maximum atomic E-state index is 11.9. The van der Waals surface area contributed by atoms with Crippen molar-refractivity contribution in [1.29, 1.82) is 0 Å². The molecule has 1 aliphatic heterocycles. The van der Waals surface area contributed by atoms with Gasteiger partial charge in [0.05, 0.1) is 25.9 Å². The number of rotatable bonds is 7. The first-order chi connectivity index (χ1) is 9.58. The molecule has 116 valence electrons. The molecule has 8 nitrogen and oxygen atoms in total. The molecule has 1 atom stereocenters. The van der Waals surface area contributed by atoms with Gasteiger partial charge in [-0.15, -0.1) is 0 Å². The Bertz CT molecular complexity index is 317. The Kier molecular flexibility index (Phi) is 7.27.